The van der Waals surface area contributed by atoms with E-state index in [9.17, 15) is 0 Å². The number of hydrogen-bond donors (Lipinski definition) is 1. The summed E-state index contributed by atoms with van der Waals surface area (Å²) in [6, 6.07) is 7.96. The maximum atomic E-state index is 5.62. The highest BCUT2D eigenvalue weighted by atomic mass is 14.6. The molecule has 0 aliphatic heterocycles. The molecule has 2 N–H and O–H groups in total. The fourth-order valence-corrected chi connectivity index (χ4v) is 1.17. The summed E-state index contributed by atoms with van der Waals surface area (Å²) in [6.07, 6.45) is 2.70. The van der Waals surface area contributed by atoms with Gasteiger partial charge in [0, 0.05) is 11.3 Å². The molecule has 1 heteroatoms. The van der Waals surface area contributed by atoms with Gasteiger partial charge in [-0.05, 0) is 12.0 Å². The minimum atomic E-state index is 0.618. The quantitative estimate of drug-likeness (QED) is 0.673. The fraction of sp³-hybridized carbons (Fsp3) is 0.0909. The summed E-state index contributed by atoms with van der Waals surface area (Å²) in [5.74, 6) is 0. The summed E-state index contributed by atoms with van der Waals surface area (Å²) in [4.78, 5) is 0. The molecule has 1 rings (SSSR count). The van der Waals surface area contributed by atoms with Crippen LogP contribution in [0.5, 0.6) is 0 Å². The summed E-state index contributed by atoms with van der Waals surface area (Å²) in [6.45, 7) is 7.40. The van der Waals surface area contributed by atoms with E-state index in [4.69, 9.17) is 5.73 Å². The van der Waals surface area contributed by atoms with Crippen molar-refractivity contribution < 1.29 is 0 Å². The number of benzene rings is 1. The highest BCUT2D eigenvalue weighted by Gasteiger charge is 1.99. The van der Waals surface area contributed by atoms with E-state index in [1.807, 2.05) is 30.3 Å². The molecule has 0 saturated heterocycles. The molecule has 0 atom stereocenters. The maximum absolute atomic E-state index is 5.62. The number of hydrogen-bond acceptors (Lipinski definition) is 1. The molecule has 0 fully saturated rings. The van der Waals surface area contributed by atoms with Crippen molar-refractivity contribution in [1.29, 1.82) is 0 Å². The number of allylic oxidation sites excluding steroid dienone is 1. The van der Waals surface area contributed by atoms with Crippen LogP contribution in [0.3, 0.4) is 0 Å². The molecule has 1 aromatic rings. The molecule has 0 spiro atoms. The monoisotopic (exact) mass is 159 g/mol. The van der Waals surface area contributed by atoms with Gasteiger partial charge in [-0.15, -0.1) is 6.58 Å². The minimum absolute atomic E-state index is 0.618. The first-order valence-electron chi connectivity index (χ1n) is 3.89. The third kappa shape index (κ3) is 1.76. The van der Waals surface area contributed by atoms with Gasteiger partial charge < -0.3 is 5.73 Å². The first-order valence-corrected chi connectivity index (χ1v) is 3.89. The topological polar surface area (TPSA) is 26.0 Å². The van der Waals surface area contributed by atoms with Crippen LogP contribution in [0.1, 0.15) is 11.1 Å². The van der Waals surface area contributed by atoms with Gasteiger partial charge in [0.05, 0.1) is 0 Å². The zero-order chi connectivity index (χ0) is 8.97. The molecule has 0 bridgehead atoms. The van der Waals surface area contributed by atoms with E-state index in [0.717, 1.165) is 12.0 Å². The van der Waals surface area contributed by atoms with E-state index in [1.165, 1.54) is 5.56 Å². The van der Waals surface area contributed by atoms with Crippen LogP contribution < -0.4 is 5.73 Å². The third-order valence-corrected chi connectivity index (χ3v) is 1.73. The molecule has 62 valence electrons. The predicted molar refractivity (Wildman–Crippen MR) is 53.6 cm³/mol. The Bertz CT molecular complexity index is 300. The Hall–Kier alpha value is -1.50. The summed E-state index contributed by atoms with van der Waals surface area (Å²) in [5.41, 5.74) is 8.44. The Morgan fingerprint density at radius 1 is 1.42 bits per heavy atom. The van der Waals surface area contributed by atoms with E-state index >= 15 is 0 Å². The van der Waals surface area contributed by atoms with Gasteiger partial charge in [-0.1, -0.05) is 36.9 Å². The molecule has 0 heterocycles. The average molecular weight is 159 g/mol. The Kier molecular flexibility index (Phi) is 2.70. The lowest BCUT2D eigenvalue weighted by molar-refractivity contribution is 1.25. The second kappa shape index (κ2) is 3.77. The summed E-state index contributed by atoms with van der Waals surface area (Å²) in [7, 11) is 0. The summed E-state index contributed by atoms with van der Waals surface area (Å²) >= 11 is 0. The zero-order valence-electron chi connectivity index (χ0n) is 7.09. The highest BCUT2D eigenvalue weighted by Crippen LogP contribution is 2.14. The van der Waals surface area contributed by atoms with Crippen molar-refractivity contribution in [2.45, 2.75) is 6.42 Å². The zero-order valence-corrected chi connectivity index (χ0v) is 7.09. The fourth-order valence-electron chi connectivity index (χ4n) is 1.17. The van der Waals surface area contributed by atoms with Crippen molar-refractivity contribution in [3.8, 4) is 0 Å². The van der Waals surface area contributed by atoms with Crippen LogP contribution in [0.4, 0.5) is 0 Å². The van der Waals surface area contributed by atoms with Gasteiger partial charge in [0.15, 0.2) is 0 Å². The highest BCUT2D eigenvalue weighted by molar-refractivity contribution is 5.63. The molecule has 0 aromatic heterocycles. The normalized spacial score (nSPS) is 9.33. The van der Waals surface area contributed by atoms with Crippen LogP contribution in [0.25, 0.3) is 5.70 Å². The Morgan fingerprint density at radius 2 is 2.08 bits per heavy atom. The number of nitrogens with two attached hydrogens (primary N) is 1. The molecule has 1 nitrogen and oxygen atoms in total. The molecule has 1 aromatic carbocycles. The van der Waals surface area contributed by atoms with Crippen molar-refractivity contribution in [3.63, 3.8) is 0 Å². The van der Waals surface area contributed by atoms with E-state index in [2.05, 4.69) is 13.2 Å². The first kappa shape index (κ1) is 8.60. The van der Waals surface area contributed by atoms with Crippen LogP contribution in [-0.2, 0) is 6.42 Å². The van der Waals surface area contributed by atoms with Gasteiger partial charge in [0.25, 0.3) is 0 Å². The molecule has 0 amide bonds. The van der Waals surface area contributed by atoms with Crippen LogP contribution in [0, 0.1) is 0 Å². The van der Waals surface area contributed by atoms with Crippen LogP contribution in [0.15, 0.2) is 43.5 Å². The van der Waals surface area contributed by atoms with Crippen molar-refractivity contribution in [1.82, 2.24) is 0 Å². The smallest absolute Gasteiger partial charge is 0.0317 e. The van der Waals surface area contributed by atoms with Crippen LogP contribution >= 0.6 is 0 Å². The van der Waals surface area contributed by atoms with Crippen molar-refractivity contribution in [2.24, 2.45) is 5.73 Å². The van der Waals surface area contributed by atoms with E-state index in [-0.39, 0.29) is 0 Å². The average Bonchev–Trinajstić information content (AvgIpc) is 2.05. The molecule has 0 aliphatic rings. The third-order valence-electron chi connectivity index (χ3n) is 1.73. The molecular weight excluding hydrogens is 146 g/mol. The summed E-state index contributed by atoms with van der Waals surface area (Å²) in [5, 5.41) is 0. The van der Waals surface area contributed by atoms with Gasteiger partial charge in [-0.25, -0.2) is 0 Å². The second-order valence-corrected chi connectivity index (χ2v) is 2.68. The minimum Gasteiger partial charge on any atom is -0.399 e. The molecule has 0 saturated carbocycles. The summed E-state index contributed by atoms with van der Waals surface area (Å²) < 4.78 is 0. The standard InChI is InChI=1S/C11H13N/c1-3-6-10-7-4-5-8-11(10)9(2)12/h3-5,7-8H,1-2,6,12H2. The lowest BCUT2D eigenvalue weighted by atomic mass is 10.0. The van der Waals surface area contributed by atoms with Gasteiger partial charge in [-0.2, -0.15) is 0 Å². The molecule has 12 heavy (non-hydrogen) atoms. The molecule has 0 aliphatic carbocycles. The largest absolute Gasteiger partial charge is 0.399 e. The maximum Gasteiger partial charge on any atom is 0.0317 e. The second-order valence-electron chi connectivity index (χ2n) is 2.68. The van der Waals surface area contributed by atoms with Gasteiger partial charge in [0.2, 0.25) is 0 Å². The van der Waals surface area contributed by atoms with Crippen LogP contribution in [0.2, 0.25) is 0 Å². The molecule has 0 radical (unpaired) electrons. The van der Waals surface area contributed by atoms with E-state index < -0.39 is 0 Å². The van der Waals surface area contributed by atoms with Gasteiger partial charge in [0.1, 0.15) is 0 Å². The SMILES string of the molecule is C=CCc1ccccc1C(=C)N. The predicted octanol–water partition coefficient (Wildman–Crippen LogP) is 2.34. The molecule has 0 unspecified atom stereocenters. The van der Waals surface area contributed by atoms with E-state index in [0.29, 0.717) is 5.70 Å². The lowest BCUT2D eigenvalue weighted by Gasteiger charge is -2.05. The Labute approximate surface area is 73.2 Å². The van der Waals surface area contributed by atoms with Gasteiger partial charge >= 0.3 is 0 Å². The van der Waals surface area contributed by atoms with Gasteiger partial charge in [-0.3, -0.25) is 0 Å². The lowest BCUT2D eigenvalue weighted by Crippen LogP contribution is -1.98. The molecular formula is C11H13N. The van der Waals surface area contributed by atoms with Crippen LogP contribution in [-0.4, -0.2) is 0 Å². The van der Waals surface area contributed by atoms with Crippen molar-refractivity contribution in [3.05, 3.63) is 54.6 Å². The van der Waals surface area contributed by atoms with Crippen molar-refractivity contribution in [2.75, 3.05) is 0 Å². The van der Waals surface area contributed by atoms with E-state index in [1.54, 1.807) is 0 Å². The number of rotatable bonds is 3. The Balaban J connectivity index is 3.07. The Morgan fingerprint density at radius 3 is 2.67 bits per heavy atom. The van der Waals surface area contributed by atoms with Crippen molar-refractivity contribution >= 4 is 5.70 Å². The first-order chi connectivity index (χ1) is 5.75.